The Labute approximate surface area is 131 Å². The van der Waals surface area contributed by atoms with Crippen LogP contribution in [-0.4, -0.2) is 29.1 Å². The van der Waals surface area contributed by atoms with Crippen LogP contribution in [0.2, 0.25) is 0 Å². The van der Waals surface area contributed by atoms with Gasteiger partial charge in [-0.3, -0.25) is 15.0 Å². The van der Waals surface area contributed by atoms with Gasteiger partial charge in [-0.1, -0.05) is 5.16 Å². The van der Waals surface area contributed by atoms with Crippen LogP contribution < -0.4 is 5.32 Å². The SMILES string of the molecule is Cc1cc(NC(=O)C(C)N(C)Cc2cc(F)c(F)c(F)c2)on1. The second kappa shape index (κ2) is 6.82. The fourth-order valence-electron chi connectivity index (χ4n) is 1.97. The lowest BCUT2D eigenvalue weighted by Gasteiger charge is -2.23. The molecule has 1 N–H and O–H groups in total. The van der Waals surface area contributed by atoms with E-state index in [1.165, 1.54) is 0 Å². The Morgan fingerprint density at radius 2 is 1.91 bits per heavy atom. The molecule has 2 aromatic rings. The van der Waals surface area contributed by atoms with Gasteiger partial charge in [0.1, 0.15) is 0 Å². The molecule has 124 valence electrons. The summed E-state index contributed by atoms with van der Waals surface area (Å²) in [5, 5.41) is 6.19. The molecular weight excluding hydrogens is 311 g/mol. The van der Waals surface area contributed by atoms with Crippen molar-refractivity contribution < 1.29 is 22.5 Å². The van der Waals surface area contributed by atoms with Gasteiger partial charge in [-0.05, 0) is 38.6 Å². The molecule has 0 aliphatic carbocycles. The highest BCUT2D eigenvalue weighted by molar-refractivity contribution is 5.93. The molecule has 0 saturated heterocycles. The van der Waals surface area contributed by atoms with Crippen LogP contribution in [-0.2, 0) is 11.3 Å². The highest BCUT2D eigenvalue weighted by atomic mass is 19.2. The summed E-state index contributed by atoms with van der Waals surface area (Å²) in [5.74, 6) is -4.19. The van der Waals surface area contributed by atoms with Gasteiger partial charge in [-0.15, -0.1) is 0 Å². The molecule has 1 aromatic heterocycles. The van der Waals surface area contributed by atoms with Crippen molar-refractivity contribution in [2.75, 3.05) is 12.4 Å². The predicted octanol–water partition coefficient (Wildman–Crippen LogP) is 2.86. The topological polar surface area (TPSA) is 58.4 Å². The molecule has 0 fully saturated rings. The Bertz CT molecular complexity index is 695. The number of benzene rings is 1. The number of amides is 1. The summed E-state index contributed by atoms with van der Waals surface area (Å²) < 4.78 is 44.2. The first-order valence-corrected chi connectivity index (χ1v) is 6.85. The molecule has 0 radical (unpaired) electrons. The monoisotopic (exact) mass is 327 g/mol. The fraction of sp³-hybridized carbons (Fsp3) is 0.333. The van der Waals surface area contributed by atoms with E-state index >= 15 is 0 Å². The molecular formula is C15H16F3N3O2. The van der Waals surface area contributed by atoms with Crippen molar-refractivity contribution in [2.24, 2.45) is 0 Å². The number of rotatable bonds is 5. The molecule has 0 bridgehead atoms. The molecule has 1 amide bonds. The van der Waals surface area contributed by atoms with Crippen molar-refractivity contribution in [1.82, 2.24) is 10.1 Å². The van der Waals surface area contributed by atoms with Gasteiger partial charge in [0.25, 0.3) is 0 Å². The molecule has 2 rings (SSSR count). The molecule has 1 unspecified atom stereocenters. The van der Waals surface area contributed by atoms with E-state index in [1.54, 1.807) is 31.9 Å². The summed E-state index contributed by atoms with van der Waals surface area (Å²) in [6.07, 6.45) is 0. The van der Waals surface area contributed by atoms with Crippen LogP contribution in [0.5, 0.6) is 0 Å². The van der Waals surface area contributed by atoms with Crippen molar-refractivity contribution >= 4 is 11.8 Å². The average molecular weight is 327 g/mol. The lowest BCUT2D eigenvalue weighted by atomic mass is 10.1. The first-order chi connectivity index (χ1) is 10.8. The standard InChI is InChI=1S/C15H16F3N3O2/c1-8-4-13(23-20-8)19-15(22)9(2)21(3)7-10-5-11(16)14(18)12(17)6-10/h4-6,9H,7H2,1-3H3,(H,19,22). The number of hydrogen-bond donors (Lipinski definition) is 1. The highest BCUT2D eigenvalue weighted by Crippen LogP contribution is 2.16. The van der Waals surface area contributed by atoms with Crippen LogP contribution in [0.15, 0.2) is 22.7 Å². The summed E-state index contributed by atoms with van der Waals surface area (Å²) in [6, 6.07) is 2.75. The normalized spacial score (nSPS) is 12.5. The second-order valence-electron chi connectivity index (χ2n) is 5.29. The van der Waals surface area contributed by atoms with Crippen molar-refractivity contribution in [3.8, 4) is 0 Å². The van der Waals surface area contributed by atoms with E-state index < -0.39 is 23.5 Å². The Morgan fingerprint density at radius 1 is 1.30 bits per heavy atom. The Balaban J connectivity index is 2.01. The minimum Gasteiger partial charge on any atom is -0.338 e. The van der Waals surface area contributed by atoms with E-state index in [9.17, 15) is 18.0 Å². The number of likely N-dealkylation sites (N-methyl/N-ethyl adjacent to an activating group) is 1. The van der Waals surface area contributed by atoms with Crippen LogP contribution in [0, 0.1) is 24.4 Å². The van der Waals surface area contributed by atoms with Crippen LogP contribution in [0.3, 0.4) is 0 Å². The van der Waals surface area contributed by atoms with Crippen molar-refractivity contribution in [1.29, 1.82) is 0 Å². The first kappa shape index (κ1) is 17.0. The van der Waals surface area contributed by atoms with Crippen molar-refractivity contribution in [3.63, 3.8) is 0 Å². The zero-order chi connectivity index (χ0) is 17.1. The molecule has 1 heterocycles. The van der Waals surface area contributed by atoms with Gasteiger partial charge in [0, 0.05) is 12.6 Å². The van der Waals surface area contributed by atoms with E-state index in [4.69, 9.17) is 4.52 Å². The first-order valence-electron chi connectivity index (χ1n) is 6.85. The minimum absolute atomic E-state index is 0.0676. The third kappa shape index (κ3) is 4.10. The van der Waals surface area contributed by atoms with Crippen LogP contribution in [0.4, 0.5) is 19.1 Å². The lowest BCUT2D eigenvalue weighted by molar-refractivity contribution is -0.120. The maximum atomic E-state index is 13.2. The number of hydrogen-bond acceptors (Lipinski definition) is 4. The number of nitrogens with one attached hydrogen (secondary N) is 1. The molecule has 0 spiro atoms. The number of halogens is 3. The highest BCUT2D eigenvalue weighted by Gasteiger charge is 2.20. The third-order valence-electron chi connectivity index (χ3n) is 3.39. The number of aryl methyl sites for hydroxylation is 1. The third-order valence-corrected chi connectivity index (χ3v) is 3.39. The Kier molecular flexibility index (Phi) is 5.05. The van der Waals surface area contributed by atoms with E-state index in [-0.39, 0.29) is 23.9 Å². The van der Waals surface area contributed by atoms with Crippen molar-refractivity contribution in [2.45, 2.75) is 26.4 Å². The average Bonchev–Trinajstić information content (AvgIpc) is 2.88. The molecule has 23 heavy (non-hydrogen) atoms. The Morgan fingerprint density at radius 3 is 2.43 bits per heavy atom. The molecule has 8 heteroatoms. The minimum atomic E-state index is -1.51. The maximum Gasteiger partial charge on any atom is 0.243 e. The Hall–Kier alpha value is -2.35. The van der Waals surface area contributed by atoms with Gasteiger partial charge < -0.3 is 4.52 Å². The zero-order valence-electron chi connectivity index (χ0n) is 12.9. The number of aromatic nitrogens is 1. The molecule has 1 aromatic carbocycles. The van der Waals surface area contributed by atoms with Gasteiger partial charge >= 0.3 is 0 Å². The van der Waals surface area contributed by atoms with E-state index in [1.807, 2.05) is 0 Å². The summed E-state index contributed by atoms with van der Waals surface area (Å²) in [6.45, 7) is 3.40. The van der Waals surface area contributed by atoms with E-state index in [0.717, 1.165) is 12.1 Å². The fourth-order valence-corrected chi connectivity index (χ4v) is 1.97. The second-order valence-corrected chi connectivity index (χ2v) is 5.29. The van der Waals surface area contributed by atoms with Gasteiger partial charge in [0.2, 0.25) is 11.8 Å². The van der Waals surface area contributed by atoms with E-state index in [0.29, 0.717) is 5.69 Å². The zero-order valence-corrected chi connectivity index (χ0v) is 12.9. The van der Waals surface area contributed by atoms with Crippen LogP contribution in [0.1, 0.15) is 18.2 Å². The van der Waals surface area contributed by atoms with Gasteiger partial charge in [0.15, 0.2) is 17.5 Å². The van der Waals surface area contributed by atoms with Gasteiger partial charge in [-0.2, -0.15) is 0 Å². The maximum absolute atomic E-state index is 13.2. The van der Waals surface area contributed by atoms with Crippen LogP contribution in [0.25, 0.3) is 0 Å². The number of anilines is 1. The summed E-state index contributed by atoms with van der Waals surface area (Å²) in [5.41, 5.74) is 0.845. The van der Waals surface area contributed by atoms with E-state index in [2.05, 4.69) is 10.5 Å². The molecule has 5 nitrogen and oxygen atoms in total. The molecule has 1 atom stereocenters. The summed E-state index contributed by atoms with van der Waals surface area (Å²) in [4.78, 5) is 13.7. The van der Waals surface area contributed by atoms with Crippen molar-refractivity contribution in [3.05, 3.63) is 46.9 Å². The smallest absolute Gasteiger partial charge is 0.243 e. The quantitative estimate of drug-likeness (QED) is 0.858. The molecule has 0 aliphatic heterocycles. The molecule has 0 saturated carbocycles. The molecule has 0 aliphatic rings. The van der Waals surface area contributed by atoms with Crippen LogP contribution >= 0.6 is 0 Å². The summed E-state index contributed by atoms with van der Waals surface area (Å²) >= 11 is 0. The number of carbonyl (C=O) groups excluding carboxylic acids is 1. The van der Waals surface area contributed by atoms with Gasteiger partial charge in [-0.25, -0.2) is 13.2 Å². The largest absolute Gasteiger partial charge is 0.338 e. The lowest BCUT2D eigenvalue weighted by Crippen LogP contribution is -2.39. The summed E-state index contributed by atoms with van der Waals surface area (Å²) in [7, 11) is 1.61. The number of carbonyl (C=O) groups is 1. The van der Waals surface area contributed by atoms with Gasteiger partial charge in [0.05, 0.1) is 11.7 Å². The number of nitrogens with zero attached hydrogens (tertiary/aromatic N) is 2. The predicted molar refractivity (Wildman–Crippen MR) is 77.1 cm³/mol.